The van der Waals surface area contributed by atoms with E-state index in [2.05, 4.69) is 19.1 Å². The maximum absolute atomic E-state index is 8.88. The Bertz CT molecular complexity index is 235. The highest BCUT2D eigenvalue weighted by molar-refractivity contribution is 7.59. The van der Waals surface area contributed by atoms with E-state index in [9.17, 15) is 0 Å². The van der Waals surface area contributed by atoms with Gasteiger partial charge < -0.3 is 5.11 Å². The summed E-state index contributed by atoms with van der Waals surface area (Å²) in [6.07, 6.45) is 0. The molecule has 0 aliphatic rings. The van der Waals surface area contributed by atoms with E-state index in [1.54, 1.807) is 0 Å². The third-order valence-corrected chi connectivity index (χ3v) is 1.89. The number of aliphatic hydroxyl groups excluding tert-OH is 1. The highest BCUT2D eigenvalue weighted by atomic mass is 32.1. The molecule has 0 aromatic heterocycles. The van der Waals surface area contributed by atoms with Crippen LogP contribution in [0, 0.1) is 6.92 Å². The Morgan fingerprint density at radius 2 is 2.08 bits per heavy atom. The van der Waals surface area contributed by atoms with Crippen molar-refractivity contribution in [2.75, 3.05) is 6.61 Å². The third kappa shape index (κ3) is 2.88. The summed E-state index contributed by atoms with van der Waals surface area (Å²) in [5.74, 6) is 0.259. The minimum absolute atomic E-state index is 0. The summed E-state index contributed by atoms with van der Waals surface area (Å²) in [7, 11) is 0. The van der Waals surface area contributed by atoms with Crippen molar-refractivity contribution in [2.24, 2.45) is 0 Å². The van der Waals surface area contributed by atoms with Crippen molar-refractivity contribution in [3.8, 4) is 0 Å². The Kier molecular flexibility index (Phi) is 5.02. The second-order valence-electron chi connectivity index (χ2n) is 3.00. The van der Waals surface area contributed by atoms with Gasteiger partial charge in [-0.2, -0.15) is 13.5 Å². The van der Waals surface area contributed by atoms with E-state index in [-0.39, 0.29) is 26.0 Å². The average molecular weight is 184 g/mol. The Balaban J connectivity index is 0.00000121. The van der Waals surface area contributed by atoms with Gasteiger partial charge in [0.05, 0.1) is 0 Å². The van der Waals surface area contributed by atoms with E-state index >= 15 is 0 Å². The molecule has 0 heterocycles. The lowest BCUT2D eigenvalue weighted by Crippen LogP contribution is -1.98. The quantitative estimate of drug-likeness (QED) is 0.747. The van der Waals surface area contributed by atoms with Crippen molar-refractivity contribution < 1.29 is 5.11 Å². The predicted molar refractivity (Wildman–Crippen MR) is 57.1 cm³/mol. The van der Waals surface area contributed by atoms with Gasteiger partial charge in [-0.15, -0.1) is 0 Å². The number of rotatable bonds is 2. The zero-order valence-corrected chi connectivity index (χ0v) is 8.54. The minimum atomic E-state index is 0. The smallest absolute Gasteiger partial charge is 0.0497 e. The molecule has 0 aliphatic heterocycles. The Hall–Kier alpha value is -0.470. The van der Waals surface area contributed by atoms with Gasteiger partial charge in [-0.25, -0.2) is 0 Å². The third-order valence-electron chi connectivity index (χ3n) is 1.89. The molecular formula is C10H16OS. The maximum atomic E-state index is 8.88. The number of aliphatic hydroxyl groups is 1. The Labute approximate surface area is 80.9 Å². The number of aryl methyl sites for hydroxylation is 1. The summed E-state index contributed by atoms with van der Waals surface area (Å²) < 4.78 is 0. The van der Waals surface area contributed by atoms with Crippen molar-refractivity contribution in [1.29, 1.82) is 0 Å². The van der Waals surface area contributed by atoms with Crippen molar-refractivity contribution in [3.63, 3.8) is 0 Å². The van der Waals surface area contributed by atoms with Crippen LogP contribution in [0.25, 0.3) is 0 Å². The van der Waals surface area contributed by atoms with E-state index in [1.165, 1.54) is 11.1 Å². The highest BCUT2D eigenvalue weighted by Crippen LogP contribution is 2.14. The van der Waals surface area contributed by atoms with Gasteiger partial charge in [-0.1, -0.05) is 36.8 Å². The van der Waals surface area contributed by atoms with E-state index in [1.807, 2.05) is 19.1 Å². The van der Waals surface area contributed by atoms with Gasteiger partial charge in [0.1, 0.15) is 0 Å². The first-order valence-corrected chi connectivity index (χ1v) is 3.91. The molecule has 2 heteroatoms. The molecule has 1 atom stereocenters. The standard InChI is InChI=1S/C10H14O.H2S/c1-8-4-3-5-10(6-8)9(2)7-11;/h3-6,9,11H,7H2,1-2H3;1H2/t9-;/m0./s1. The molecule has 0 unspecified atom stereocenters. The second-order valence-corrected chi connectivity index (χ2v) is 3.00. The first kappa shape index (κ1) is 11.5. The number of benzene rings is 1. The zero-order valence-electron chi connectivity index (χ0n) is 7.54. The van der Waals surface area contributed by atoms with Gasteiger partial charge in [0, 0.05) is 12.5 Å². The zero-order chi connectivity index (χ0) is 8.27. The normalized spacial score (nSPS) is 11.9. The van der Waals surface area contributed by atoms with Crippen LogP contribution in [0.2, 0.25) is 0 Å². The number of hydrogen-bond acceptors (Lipinski definition) is 1. The summed E-state index contributed by atoms with van der Waals surface area (Å²) >= 11 is 0. The van der Waals surface area contributed by atoms with Crippen LogP contribution in [-0.4, -0.2) is 11.7 Å². The fourth-order valence-electron chi connectivity index (χ4n) is 1.08. The molecular weight excluding hydrogens is 168 g/mol. The molecule has 0 spiro atoms. The molecule has 0 amide bonds. The molecule has 1 rings (SSSR count). The van der Waals surface area contributed by atoms with Crippen LogP contribution in [0.15, 0.2) is 24.3 Å². The molecule has 0 saturated heterocycles. The fourth-order valence-corrected chi connectivity index (χ4v) is 1.08. The van der Waals surface area contributed by atoms with Crippen LogP contribution in [0.5, 0.6) is 0 Å². The molecule has 0 fully saturated rings. The molecule has 0 radical (unpaired) electrons. The summed E-state index contributed by atoms with van der Waals surface area (Å²) in [4.78, 5) is 0. The first-order chi connectivity index (χ1) is 5.24. The second kappa shape index (κ2) is 5.22. The maximum Gasteiger partial charge on any atom is 0.0497 e. The van der Waals surface area contributed by atoms with E-state index in [0.29, 0.717) is 0 Å². The van der Waals surface area contributed by atoms with Gasteiger partial charge in [-0.3, -0.25) is 0 Å². The van der Waals surface area contributed by atoms with Crippen LogP contribution in [0.3, 0.4) is 0 Å². The fraction of sp³-hybridized carbons (Fsp3) is 0.400. The minimum Gasteiger partial charge on any atom is -0.396 e. The molecule has 68 valence electrons. The van der Waals surface area contributed by atoms with Crippen molar-refractivity contribution in [3.05, 3.63) is 35.4 Å². The largest absolute Gasteiger partial charge is 0.396 e. The van der Waals surface area contributed by atoms with E-state index in [0.717, 1.165) is 0 Å². The first-order valence-electron chi connectivity index (χ1n) is 3.91. The topological polar surface area (TPSA) is 20.2 Å². The molecule has 0 aliphatic carbocycles. The monoisotopic (exact) mass is 184 g/mol. The average Bonchev–Trinajstić information content (AvgIpc) is 2.03. The lowest BCUT2D eigenvalue weighted by molar-refractivity contribution is 0.273. The molecule has 12 heavy (non-hydrogen) atoms. The summed E-state index contributed by atoms with van der Waals surface area (Å²) in [6, 6.07) is 8.25. The predicted octanol–water partition coefficient (Wildman–Crippen LogP) is 2.20. The summed E-state index contributed by atoms with van der Waals surface area (Å²) in [5, 5.41) is 8.88. The molecule has 1 nitrogen and oxygen atoms in total. The SMILES string of the molecule is Cc1cccc([C@@H](C)CO)c1.S. The summed E-state index contributed by atoms with van der Waals surface area (Å²) in [6.45, 7) is 4.31. The van der Waals surface area contributed by atoms with Crippen LogP contribution >= 0.6 is 13.5 Å². The Morgan fingerprint density at radius 1 is 1.42 bits per heavy atom. The lowest BCUT2D eigenvalue weighted by atomic mass is 10.0. The van der Waals surface area contributed by atoms with Gasteiger partial charge >= 0.3 is 0 Å². The van der Waals surface area contributed by atoms with Crippen LogP contribution in [0.4, 0.5) is 0 Å². The summed E-state index contributed by atoms with van der Waals surface area (Å²) in [5.41, 5.74) is 2.47. The van der Waals surface area contributed by atoms with Crippen molar-refractivity contribution >= 4 is 13.5 Å². The van der Waals surface area contributed by atoms with Crippen molar-refractivity contribution in [1.82, 2.24) is 0 Å². The van der Waals surface area contributed by atoms with E-state index < -0.39 is 0 Å². The van der Waals surface area contributed by atoms with Crippen molar-refractivity contribution in [2.45, 2.75) is 19.8 Å². The van der Waals surface area contributed by atoms with Crippen LogP contribution < -0.4 is 0 Å². The van der Waals surface area contributed by atoms with Gasteiger partial charge in [0.2, 0.25) is 0 Å². The molecule has 0 bridgehead atoms. The highest BCUT2D eigenvalue weighted by Gasteiger charge is 2.01. The molecule has 1 aromatic rings. The van der Waals surface area contributed by atoms with Gasteiger partial charge in [0.25, 0.3) is 0 Å². The lowest BCUT2D eigenvalue weighted by Gasteiger charge is -2.07. The molecule has 1 N–H and O–H groups in total. The van der Waals surface area contributed by atoms with Crippen LogP contribution in [-0.2, 0) is 0 Å². The molecule has 0 saturated carbocycles. The Morgan fingerprint density at radius 3 is 2.58 bits per heavy atom. The van der Waals surface area contributed by atoms with E-state index in [4.69, 9.17) is 5.11 Å². The van der Waals surface area contributed by atoms with Gasteiger partial charge in [-0.05, 0) is 12.5 Å². The number of hydrogen-bond donors (Lipinski definition) is 1. The molecule has 1 aromatic carbocycles. The van der Waals surface area contributed by atoms with Crippen LogP contribution in [0.1, 0.15) is 24.0 Å². The van der Waals surface area contributed by atoms with Gasteiger partial charge in [0.15, 0.2) is 0 Å².